The minimum Gasteiger partial charge on any atom is -1.00 e. The topological polar surface area (TPSA) is 43.2 Å². The third-order valence-electron chi connectivity index (χ3n) is 7.75. The van der Waals surface area contributed by atoms with Gasteiger partial charge in [0, 0.05) is 0 Å². The molecule has 7 heteroatoms. The first-order valence-electron chi connectivity index (χ1n) is 12.5. The molecule has 2 saturated carbocycles. The minimum absolute atomic E-state index is 0. The predicted molar refractivity (Wildman–Crippen MR) is 120 cm³/mol. The SMILES string of the molecule is CC(C)[C@H]1N=C(CC2=N[C@H](C(C)C)C3(CCCCCC3)O2)OC12CCCCCC2.[Br-].[Br-].[Pd+2]. The van der Waals surface area contributed by atoms with Gasteiger partial charge in [0.1, 0.15) is 11.2 Å². The van der Waals surface area contributed by atoms with E-state index in [1.807, 2.05) is 0 Å². The Bertz CT molecular complexity index is 584. The second kappa shape index (κ2) is 13.0. The molecule has 0 aromatic rings. The van der Waals surface area contributed by atoms with Gasteiger partial charge in [-0.1, -0.05) is 53.4 Å². The van der Waals surface area contributed by atoms with Crippen molar-refractivity contribution < 1.29 is 63.9 Å². The molecular weight excluding hydrogens is 627 g/mol. The summed E-state index contributed by atoms with van der Waals surface area (Å²) >= 11 is 0. The van der Waals surface area contributed by atoms with E-state index in [-0.39, 0.29) is 77.7 Å². The van der Waals surface area contributed by atoms with Gasteiger partial charge in [-0.25, -0.2) is 9.98 Å². The zero-order chi connectivity index (χ0) is 20.5. The Balaban J connectivity index is 0.00000171. The summed E-state index contributed by atoms with van der Waals surface area (Å²) in [6.45, 7) is 9.19. The monoisotopic (exact) mass is 666 g/mol. The fourth-order valence-electron chi connectivity index (χ4n) is 6.44. The van der Waals surface area contributed by atoms with Crippen molar-refractivity contribution in [2.75, 3.05) is 0 Å². The summed E-state index contributed by atoms with van der Waals surface area (Å²) in [6.07, 6.45) is 15.6. The molecule has 2 spiro atoms. The van der Waals surface area contributed by atoms with Crippen LogP contribution in [0.3, 0.4) is 0 Å². The quantitative estimate of drug-likeness (QED) is 0.410. The fraction of sp³-hybridized carbons (Fsp3) is 0.920. The second-order valence-corrected chi connectivity index (χ2v) is 10.8. The number of nitrogens with zero attached hydrogens (tertiary/aromatic N) is 2. The normalized spacial score (nSPS) is 28.4. The van der Waals surface area contributed by atoms with Crippen LogP contribution in [0.2, 0.25) is 0 Å². The summed E-state index contributed by atoms with van der Waals surface area (Å²) < 4.78 is 13.4. The summed E-state index contributed by atoms with van der Waals surface area (Å²) in [5, 5.41) is 0. The van der Waals surface area contributed by atoms with Crippen molar-refractivity contribution in [3.8, 4) is 0 Å². The molecular formula is C25H42Br2N2O2Pd. The Morgan fingerprint density at radius 2 is 0.969 bits per heavy atom. The fourth-order valence-corrected chi connectivity index (χ4v) is 6.44. The Morgan fingerprint density at radius 3 is 1.25 bits per heavy atom. The van der Waals surface area contributed by atoms with Crippen LogP contribution in [0.25, 0.3) is 0 Å². The van der Waals surface area contributed by atoms with Crippen LogP contribution in [0.15, 0.2) is 9.98 Å². The molecule has 2 aliphatic heterocycles. The van der Waals surface area contributed by atoms with E-state index in [1.54, 1.807) is 0 Å². The van der Waals surface area contributed by atoms with E-state index in [0.717, 1.165) is 37.5 Å². The van der Waals surface area contributed by atoms with Crippen molar-refractivity contribution in [3.63, 3.8) is 0 Å². The van der Waals surface area contributed by atoms with E-state index in [0.29, 0.717) is 18.3 Å². The van der Waals surface area contributed by atoms with Crippen molar-refractivity contribution in [1.82, 2.24) is 0 Å². The molecule has 0 N–H and O–H groups in total. The van der Waals surface area contributed by atoms with E-state index in [9.17, 15) is 0 Å². The summed E-state index contributed by atoms with van der Waals surface area (Å²) in [6, 6.07) is 0.565. The van der Waals surface area contributed by atoms with Crippen molar-refractivity contribution in [2.24, 2.45) is 21.8 Å². The van der Waals surface area contributed by atoms with Crippen LogP contribution in [-0.2, 0) is 29.9 Å². The third kappa shape index (κ3) is 6.41. The first kappa shape index (κ1) is 30.6. The molecule has 0 amide bonds. The Morgan fingerprint density at radius 1 is 0.656 bits per heavy atom. The molecule has 4 aliphatic rings. The molecule has 2 heterocycles. The van der Waals surface area contributed by atoms with Gasteiger partial charge in [0.05, 0.1) is 18.5 Å². The summed E-state index contributed by atoms with van der Waals surface area (Å²) in [5.41, 5.74) is -0.146. The van der Waals surface area contributed by atoms with Gasteiger partial charge in [0.25, 0.3) is 0 Å². The van der Waals surface area contributed by atoms with Gasteiger partial charge >= 0.3 is 20.4 Å². The molecule has 0 aromatic heterocycles. The van der Waals surface area contributed by atoms with Gasteiger partial charge in [-0.3, -0.25) is 0 Å². The largest absolute Gasteiger partial charge is 2.00 e. The van der Waals surface area contributed by atoms with Crippen LogP contribution in [0.1, 0.15) is 111 Å². The van der Waals surface area contributed by atoms with Crippen LogP contribution in [0.5, 0.6) is 0 Å². The second-order valence-electron chi connectivity index (χ2n) is 10.8. The molecule has 2 aliphatic carbocycles. The van der Waals surface area contributed by atoms with E-state index in [4.69, 9.17) is 19.5 Å². The number of hydrogen-bond acceptors (Lipinski definition) is 4. The maximum Gasteiger partial charge on any atom is 2.00 e. The van der Waals surface area contributed by atoms with E-state index in [2.05, 4.69) is 27.7 Å². The van der Waals surface area contributed by atoms with E-state index in [1.165, 1.54) is 51.4 Å². The summed E-state index contributed by atoms with van der Waals surface area (Å²) in [5.74, 6) is 2.79. The molecule has 4 rings (SSSR count). The Labute approximate surface area is 230 Å². The van der Waals surface area contributed by atoms with Gasteiger partial charge in [-0.15, -0.1) is 0 Å². The molecule has 2 fully saturated rings. The predicted octanol–water partition coefficient (Wildman–Crippen LogP) is 0.475. The van der Waals surface area contributed by atoms with Gasteiger partial charge < -0.3 is 43.4 Å². The number of ether oxygens (including phenoxy) is 2. The smallest absolute Gasteiger partial charge is 1.00 e. The molecule has 2 atom stereocenters. The van der Waals surface area contributed by atoms with Crippen molar-refractivity contribution in [1.29, 1.82) is 0 Å². The molecule has 0 bridgehead atoms. The standard InChI is InChI=1S/C25H42N2O2.2BrH.Pd/c1-18(2)22-24(13-9-5-6-10-14-24)28-20(26-22)17-21-27-23(19(3)4)25(29-21)15-11-7-8-12-16-25;;;/h18-19,22-23H,5-17H2,1-4H3;2*1H;/q;;;+2/p-2/t22-,23-;;;/m1.../s1. The van der Waals surface area contributed by atoms with Crippen molar-refractivity contribution >= 4 is 11.8 Å². The van der Waals surface area contributed by atoms with Crippen molar-refractivity contribution in [3.05, 3.63) is 0 Å². The first-order valence-corrected chi connectivity index (χ1v) is 12.5. The van der Waals surface area contributed by atoms with Crippen LogP contribution >= 0.6 is 0 Å². The molecule has 0 aromatic carbocycles. The molecule has 0 saturated heterocycles. The van der Waals surface area contributed by atoms with Crippen LogP contribution in [0.4, 0.5) is 0 Å². The van der Waals surface area contributed by atoms with Crippen molar-refractivity contribution in [2.45, 2.75) is 134 Å². The van der Waals surface area contributed by atoms with Gasteiger partial charge in [-0.05, 0) is 63.2 Å². The summed E-state index contributed by atoms with van der Waals surface area (Å²) in [7, 11) is 0. The molecule has 32 heavy (non-hydrogen) atoms. The number of aliphatic imine (C=N–C) groups is 2. The number of halogens is 2. The maximum atomic E-state index is 6.69. The molecule has 0 radical (unpaired) electrons. The van der Waals surface area contributed by atoms with Crippen LogP contribution in [0, 0.1) is 11.8 Å². The van der Waals surface area contributed by atoms with E-state index >= 15 is 0 Å². The third-order valence-corrected chi connectivity index (χ3v) is 7.75. The van der Waals surface area contributed by atoms with Gasteiger partial charge in [-0.2, -0.15) is 0 Å². The minimum atomic E-state index is -0.0728. The van der Waals surface area contributed by atoms with Crippen LogP contribution in [-0.4, -0.2) is 35.1 Å². The molecule has 188 valence electrons. The number of rotatable bonds is 4. The van der Waals surface area contributed by atoms with E-state index < -0.39 is 0 Å². The Hall–Kier alpha value is 0.562. The van der Waals surface area contributed by atoms with Gasteiger partial charge in [0.2, 0.25) is 0 Å². The molecule has 4 nitrogen and oxygen atoms in total. The number of hydrogen-bond donors (Lipinski definition) is 0. The van der Waals surface area contributed by atoms with Gasteiger partial charge in [0.15, 0.2) is 11.8 Å². The van der Waals surface area contributed by atoms with Crippen LogP contribution < -0.4 is 34.0 Å². The maximum absolute atomic E-state index is 6.69. The average Bonchev–Trinajstić information content (AvgIpc) is 2.96. The summed E-state index contributed by atoms with van der Waals surface area (Å²) in [4.78, 5) is 10.3. The first-order chi connectivity index (χ1) is 13.9. The zero-order valence-corrected chi connectivity index (χ0v) is 25.0. The Kier molecular flexibility index (Phi) is 12.5. The zero-order valence-electron chi connectivity index (χ0n) is 20.3. The average molecular weight is 669 g/mol. The molecule has 0 unspecified atom stereocenters.